The van der Waals surface area contributed by atoms with E-state index in [1.165, 1.54) is 54.6 Å². The van der Waals surface area contributed by atoms with E-state index in [9.17, 15) is 8.42 Å². The lowest BCUT2D eigenvalue weighted by Crippen LogP contribution is -2.50. The van der Waals surface area contributed by atoms with Gasteiger partial charge in [0, 0.05) is 35.6 Å². The fraction of sp³-hybridized carbons (Fsp3) is 0.600. The quantitative estimate of drug-likeness (QED) is 0.751. The second-order valence-corrected chi connectivity index (χ2v) is 10.1. The van der Waals surface area contributed by atoms with E-state index in [2.05, 4.69) is 47.5 Å². The third-order valence-corrected chi connectivity index (χ3v) is 6.38. The third kappa shape index (κ3) is 4.88. The highest BCUT2D eigenvalue weighted by Crippen LogP contribution is 2.45. The first-order chi connectivity index (χ1) is 12.8. The van der Waals surface area contributed by atoms with Crippen LogP contribution in [0.15, 0.2) is 24.4 Å². The molecule has 3 atom stereocenters. The Labute approximate surface area is 166 Å². The van der Waals surface area contributed by atoms with E-state index in [4.69, 9.17) is 4.55 Å². The number of piperidine rings is 1. The number of fused-ring (bicyclic) bond motifs is 2. The number of rotatable bonds is 4. The summed E-state index contributed by atoms with van der Waals surface area (Å²) >= 11 is 2.01. The minimum atomic E-state index is -3.67. The standard InChI is InChI=1S/C19H26N2S.CH4O3S/c1-3-7-21-11-13(12-22-2)8-16-15-5-4-6-17-19(15)14(10-20-17)9-18(16)21;1-5(2,3)4/h4-6,10,13,16,18,20H,3,7-9,11-12H2,1-2H3;1H3,(H,2,3,4)/t13-,16+,18+;/m0./s1. The maximum Gasteiger partial charge on any atom is 0.261 e. The Balaban J connectivity index is 0.000000376. The highest BCUT2D eigenvalue weighted by Gasteiger charge is 2.40. The van der Waals surface area contributed by atoms with Crippen LogP contribution in [0.25, 0.3) is 10.9 Å². The van der Waals surface area contributed by atoms with E-state index >= 15 is 0 Å². The van der Waals surface area contributed by atoms with Crippen LogP contribution in [0.1, 0.15) is 36.8 Å². The number of nitrogens with zero attached hydrogens (tertiary/aromatic N) is 1. The smallest absolute Gasteiger partial charge is 0.261 e. The lowest BCUT2D eigenvalue weighted by molar-refractivity contribution is 0.0926. The van der Waals surface area contributed by atoms with Crippen molar-refractivity contribution in [1.82, 2.24) is 9.88 Å². The van der Waals surface area contributed by atoms with Crippen molar-refractivity contribution >= 4 is 32.8 Å². The highest BCUT2D eigenvalue weighted by molar-refractivity contribution is 7.98. The Morgan fingerprint density at radius 1 is 1.37 bits per heavy atom. The van der Waals surface area contributed by atoms with Gasteiger partial charge < -0.3 is 4.98 Å². The zero-order valence-electron chi connectivity index (χ0n) is 16.3. The fourth-order valence-electron chi connectivity index (χ4n) is 4.80. The van der Waals surface area contributed by atoms with Gasteiger partial charge in [-0.1, -0.05) is 19.1 Å². The molecular formula is C20H30N2O3S2. The lowest BCUT2D eigenvalue weighted by atomic mass is 9.72. The summed E-state index contributed by atoms with van der Waals surface area (Å²) in [6.45, 7) is 4.87. The number of likely N-dealkylation sites (tertiary alicyclic amines) is 1. The first kappa shape index (κ1) is 20.7. The van der Waals surface area contributed by atoms with E-state index in [0.29, 0.717) is 12.3 Å². The maximum atomic E-state index is 9.19. The van der Waals surface area contributed by atoms with Gasteiger partial charge in [-0.2, -0.15) is 20.2 Å². The number of hydrogen-bond donors (Lipinski definition) is 2. The molecule has 2 heterocycles. The van der Waals surface area contributed by atoms with Crippen LogP contribution in [0.4, 0.5) is 0 Å². The Morgan fingerprint density at radius 2 is 2.11 bits per heavy atom. The molecule has 0 unspecified atom stereocenters. The molecule has 0 spiro atoms. The number of thioether (sulfide) groups is 1. The Morgan fingerprint density at radius 3 is 2.78 bits per heavy atom. The zero-order chi connectivity index (χ0) is 19.6. The van der Waals surface area contributed by atoms with Crippen molar-refractivity contribution in [3.8, 4) is 0 Å². The van der Waals surface area contributed by atoms with Crippen LogP contribution in [0.2, 0.25) is 0 Å². The molecule has 7 heteroatoms. The number of nitrogens with one attached hydrogen (secondary N) is 1. The number of benzene rings is 1. The van der Waals surface area contributed by atoms with Gasteiger partial charge in [0.2, 0.25) is 0 Å². The summed E-state index contributed by atoms with van der Waals surface area (Å²) in [7, 11) is -3.67. The maximum absolute atomic E-state index is 9.19. The molecule has 1 aliphatic carbocycles. The van der Waals surface area contributed by atoms with Crippen LogP contribution < -0.4 is 0 Å². The van der Waals surface area contributed by atoms with Crippen LogP contribution >= 0.6 is 11.8 Å². The lowest BCUT2D eigenvalue weighted by Gasteiger charge is -2.47. The Kier molecular flexibility index (Phi) is 6.56. The zero-order valence-corrected chi connectivity index (χ0v) is 17.9. The first-order valence-electron chi connectivity index (χ1n) is 9.56. The van der Waals surface area contributed by atoms with Crippen molar-refractivity contribution in [1.29, 1.82) is 0 Å². The number of H-pyrrole nitrogens is 1. The van der Waals surface area contributed by atoms with Crippen molar-refractivity contribution in [3.05, 3.63) is 35.5 Å². The molecule has 5 nitrogen and oxygen atoms in total. The molecule has 2 aliphatic rings. The van der Waals surface area contributed by atoms with E-state index in [-0.39, 0.29) is 0 Å². The SMILES string of the molecule is CCCN1C[C@@H](CSC)C[C@@H]2c3cccc4[nH]cc(c34)C[C@H]21.CS(=O)(=O)O. The van der Waals surface area contributed by atoms with E-state index < -0.39 is 10.1 Å². The molecule has 2 N–H and O–H groups in total. The number of aromatic amines is 1. The largest absolute Gasteiger partial charge is 0.361 e. The summed E-state index contributed by atoms with van der Waals surface area (Å²) in [6, 6.07) is 7.58. The summed E-state index contributed by atoms with van der Waals surface area (Å²) in [5, 5.41) is 1.53. The fourth-order valence-corrected chi connectivity index (χ4v) is 5.51. The minimum Gasteiger partial charge on any atom is -0.361 e. The van der Waals surface area contributed by atoms with Gasteiger partial charge in [-0.05, 0) is 60.9 Å². The average molecular weight is 411 g/mol. The van der Waals surface area contributed by atoms with E-state index in [1.807, 2.05) is 11.8 Å². The van der Waals surface area contributed by atoms with Crippen LogP contribution in [0.5, 0.6) is 0 Å². The van der Waals surface area contributed by atoms with Gasteiger partial charge in [0.25, 0.3) is 10.1 Å². The summed E-state index contributed by atoms with van der Waals surface area (Å²) < 4.78 is 25.9. The van der Waals surface area contributed by atoms with Crippen molar-refractivity contribution in [2.75, 3.05) is 31.4 Å². The van der Waals surface area contributed by atoms with Gasteiger partial charge in [-0.25, -0.2) is 0 Å². The van der Waals surface area contributed by atoms with Gasteiger partial charge in [0.05, 0.1) is 6.26 Å². The van der Waals surface area contributed by atoms with E-state index in [0.717, 1.165) is 11.8 Å². The minimum absolute atomic E-state index is 0.715. The van der Waals surface area contributed by atoms with Crippen LogP contribution in [-0.2, 0) is 16.5 Å². The van der Waals surface area contributed by atoms with Crippen molar-refractivity contribution < 1.29 is 13.0 Å². The van der Waals surface area contributed by atoms with Crippen molar-refractivity contribution in [3.63, 3.8) is 0 Å². The molecular weight excluding hydrogens is 380 g/mol. The predicted molar refractivity (Wildman–Crippen MR) is 114 cm³/mol. The molecule has 0 amide bonds. The number of hydrogen-bond acceptors (Lipinski definition) is 4. The second kappa shape index (κ2) is 8.55. The monoisotopic (exact) mass is 410 g/mol. The predicted octanol–water partition coefficient (Wildman–Crippen LogP) is 3.78. The topological polar surface area (TPSA) is 73.4 Å². The van der Waals surface area contributed by atoms with Gasteiger partial charge in [-0.15, -0.1) is 0 Å². The molecule has 0 bridgehead atoms. The molecule has 0 radical (unpaired) electrons. The average Bonchev–Trinajstić information content (AvgIpc) is 3.00. The van der Waals surface area contributed by atoms with Crippen LogP contribution in [0, 0.1) is 5.92 Å². The molecule has 4 rings (SSSR count). The Hall–Kier alpha value is -1.02. The molecule has 150 valence electrons. The van der Waals surface area contributed by atoms with Crippen molar-refractivity contribution in [2.45, 2.75) is 38.1 Å². The summed E-state index contributed by atoms with van der Waals surface area (Å²) in [5.74, 6) is 2.88. The normalized spacial score (nSPS) is 25.0. The summed E-state index contributed by atoms with van der Waals surface area (Å²) in [4.78, 5) is 6.29. The molecule has 27 heavy (non-hydrogen) atoms. The highest BCUT2D eigenvalue weighted by atomic mass is 32.2. The molecule has 1 aromatic heterocycles. The molecule has 1 aliphatic heterocycles. The second-order valence-electron chi connectivity index (χ2n) is 7.75. The molecule has 0 saturated carbocycles. The number of aromatic nitrogens is 1. The van der Waals surface area contributed by atoms with Crippen LogP contribution in [-0.4, -0.2) is 60.3 Å². The molecule has 1 aromatic carbocycles. The van der Waals surface area contributed by atoms with Gasteiger partial charge >= 0.3 is 0 Å². The Bertz CT molecular complexity index is 870. The summed E-state index contributed by atoms with van der Waals surface area (Å²) in [6.07, 6.45) is 9.08. The van der Waals surface area contributed by atoms with Crippen molar-refractivity contribution in [2.24, 2.45) is 5.92 Å². The third-order valence-electron chi connectivity index (χ3n) is 5.57. The van der Waals surface area contributed by atoms with Gasteiger partial charge in [0.1, 0.15) is 0 Å². The molecule has 1 fully saturated rings. The van der Waals surface area contributed by atoms with Gasteiger partial charge in [-0.3, -0.25) is 9.45 Å². The first-order valence-corrected chi connectivity index (χ1v) is 12.8. The van der Waals surface area contributed by atoms with Crippen LogP contribution in [0.3, 0.4) is 0 Å². The summed E-state index contributed by atoms with van der Waals surface area (Å²) in [5.41, 5.74) is 4.48. The van der Waals surface area contributed by atoms with E-state index in [1.54, 1.807) is 5.56 Å². The molecule has 2 aromatic rings. The van der Waals surface area contributed by atoms with Gasteiger partial charge in [0.15, 0.2) is 0 Å². The molecule has 1 saturated heterocycles.